The summed E-state index contributed by atoms with van der Waals surface area (Å²) in [7, 11) is 8.57. The van der Waals surface area contributed by atoms with Crippen molar-refractivity contribution in [2.75, 3.05) is 61.1 Å². The molecule has 2 atom stereocenters. The Morgan fingerprint density at radius 3 is 2.22 bits per heavy atom. The molecule has 3 aromatic rings. The standard InChI is InChI=1S/C42H49N7O11/c1-45(2)21-30-32(58-4)18-23(19-33(30)59-5)29-22-46(3)40(54)35-26(29)12-15-48(36(35)41(55)56)42(57)43-24-10-13-47(14-11-24)16-17-60-25-6-7-27-28(20-25)39(53)49(38(27)52)31-8-9-34(50)44-37(31)51/h6-7,18-20,22,24,31,36H,8-17,21H2,1-5H3,(H,43,57)(H,55,56)(H,44,50,51). The summed E-state index contributed by atoms with van der Waals surface area (Å²) in [6.45, 7) is 2.70. The summed E-state index contributed by atoms with van der Waals surface area (Å²) >= 11 is 0. The van der Waals surface area contributed by atoms with Crippen molar-refractivity contribution in [1.29, 1.82) is 0 Å². The Bertz CT molecular complexity index is 2290. The Morgan fingerprint density at radius 1 is 0.900 bits per heavy atom. The Morgan fingerprint density at radius 2 is 1.58 bits per heavy atom. The fourth-order valence-electron chi connectivity index (χ4n) is 8.59. The van der Waals surface area contributed by atoms with Crippen molar-refractivity contribution in [2.24, 2.45) is 7.05 Å². The second-order valence-electron chi connectivity index (χ2n) is 15.7. The molecule has 18 heteroatoms. The topological polar surface area (TPSA) is 209 Å². The molecule has 0 aliphatic carbocycles. The molecule has 6 amide bonds. The lowest BCUT2D eigenvalue weighted by molar-refractivity contribution is -0.143. The number of aliphatic carboxylic acids is 1. The molecule has 7 rings (SSSR count). The molecule has 1 aromatic heterocycles. The number of piperidine rings is 2. The number of aromatic nitrogens is 1. The minimum Gasteiger partial charge on any atom is -0.496 e. The molecule has 3 N–H and O–H groups in total. The smallest absolute Gasteiger partial charge is 0.331 e. The summed E-state index contributed by atoms with van der Waals surface area (Å²) in [5, 5.41) is 15.7. The van der Waals surface area contributed by atoms with Gasteiger partial charge in [-0.1, -0.05) is 0 Å². The van der Waals surface area contributed by atoms with E-state index in [-0.39, 0.29) is 55.1 Å². The van der Waals surface area contributed by atoms with Gasteiger partial charge >= 0.3 is 12.0 Å². The summed E-state index contributed by atoms with van der Waals surface area (Å²) in [5.74, 6) is -2.07. The fraction of sp³-hybridized carbons (Fsp3) is 0.452. The molecule has 5 heterocycles. The molecule has 18 nitrogen and oxygen atoms in total. The third-order valence-electron chi connectivity index (χ3n) is 11.6. The van der Waals surface area contributed by atoms with E-state index in [2.05, 4.69) is 15.5 Å². The SMILES string of the molecule is COc1cc(-c2cn(C)c(=O)c3c2CCN(C(=O)NC2CCN(CCOc4ccc5c(c4)C(=O)N(C4CCC(=O)NC4=O)C5=O)CC2)C3C(=O)O)cc(OC)c1CN(C)C. The highest BCUT2D eigenvalue weighted by atomic mass is 16.5. The number of hydrogen-bond donors (Lipinski definition) is 3. The van der Waals surface area contributed by atoms with Gasteiger partial charge < -0.3 is 39.0 Å². The van der Waals surface area contributed by atoms with Crippen molar-refractivity contribution in [3.63, 3.8) is 0 Å². The average molecular weight is 828 g/mol. The summed E-state index contributed by atoms with van der Waals surface area (Å²) in [5.41, 5.74) is 2.59. The minimum atomic E-state index is -1.51. The van der Waals surface area contributed by atoms with Crippen LogP contribution in [0.1, 0.15) is 69.1 Å². The number of rotatable bonds is 12. The number of likely N-dealkylation sites (tertiary alicyclic amines) is 1. The summed E-state index contributed by atoms with van der Waals surface area (Å²) in [6, 6.07) is 4.95. The van der Waals surface area contributed by atoms with Gasteiger partial charge in [0.15, 0.2) is 6.04 Å². The van der Waals surface area contributed by atoms with Gasteiger partial charge in [0.25, 0.3) is 17.4 Å². The predicted octanol–water partition coefficient (Wildman–Crippen LogP) is 1.77. The van der Waals surface area contributed by atoms with E-state index in [4.69, 9.17) is 14.2 Å². The number of nitrogens with zero attached hydrogens (tertiary/aromatic N) is 5. The number of amides is 6. The summed E-state index contributed by atoms with van der Waals surface area (Å²) in [4.78, 5) is 96.9. The number of benzene rings is 2. The number of urea groups is 1. The molecular weight excluding hydrogens is 778 g/mol. The Balaban J connectivity index is 0.967. The first kappa shape index (κ1) is 41.9. The number of carboxylic acid groups (broad SMARTS) is 1. The third kappa shape index (κ3) is 8.03. The van der Waals surface area contributed by atoms with Gasteiger partial charge in [-0.25, -0.2) is 9.59 Å². The van der Waals surface area contributed by atoms with Crippen molar-refractivity contribution in [3.8, 4) is 28.4 Å². The number of methoxy groups -OCH3 is 2. The van der Waals surface area contributed by atoms with Crippen LogP contribution < -0.4 is 30.4 Å². The number of carboxylic acids is 1. The molecule has 0 saturated carbocycles. The van der Waals surface area contributed by atoms with Crippen molar-refractivity contribution in [1.82, 2.24) is 34.8 Å². The van der Waals surface area contributed by atoms with Gasteiger partial charge in [0, 0.05) is 64.0 Å². The first-order valence-corrected chi connectivity index (χ1v) is 19.8. The maximum absolute atomic E-state index is 13.8. The van der Waals surface area contributed by atoms with Gasteiger partial charge in [0.1, 0.15) is 29.9 Å². The molecule has 60 heavy (non-hydrogen) atoms. The first-order chi connectivity index (χ1) is 28.7. The average Bonchev–Trinajstić information content (AvgIpc) is 3.46. The molecule has 2 unspecified atom stereocenters. The number of carbonyl (C=O) groups excluding carboxylic acids is 5. The molecule has 0 spiro atoms. The van der Waals surface area contributed by atoms with Gasteiger partial charge in [-0.15, -0.1) is 0 Å². The van der Waals surface area contributed by atoms with E-state index < -0.39 is 53.3 Å². The number of fused-ring (bicyclic) bond motifs is 2. The molecule has 4 aliphatic heterocycles. The van der Waals surface area contributed by atoms with Crippen molar-refractivity contribution in [3.05, 3.63) is 74.7 Å². The lowest BCUT2D eigenvalue weighted by atomic mass is 9.87. The van der Waals surface area contributed by atoms with Gasteiger partial charge in [-0.2, -0.15) is 0 Å². The van der Waals surface area contributed by atoms with E-state index in [0.29, 0.717) is 73.0 Å². The van der Waals surface area contributed by atoms with E-state index in [9.17, 15) is 38.7 Å². The quantitative estimate of drug-likeness (QED) is 0.223. The fourth-order valence-corrected chi connectivity index (χ4v) is 8.59. The van der Waals surface area contributed by atoms with Gasteiger partial charge in [0.2, 0.25) is 11.8 Å². The highest BCUT2D eigenvalue weighted by Gasteiger charge is 2.45. The predicted molar refractivity (Wildman–Crippen MR) is 215 cm³/mol. The molecule has 2 aromatic carbocycles. The number of aryl methyl sites for hydroxylation is 1. The Kier molecular flexibility index (Phi) is 12.0. The number of nitrogens with one attached hydrogen (secondary N) is 2. The van der Waals surface area contributed by atoms with Crippen LogP contribution in [0.3, 0.4) is 0 Å². The number of hydrogen-bond acceptors (Lipinski definition) is 12. The van der Waals surface area contributed by atoms with Crippen LogP contribution in [0.4, 0.5) is 4.79 Å². The van der Waals surface area contributed by atoms with Crippen LogP contribution in [-0.4, -0.2) is 138 Å². The molecular formula is C42H49N7O11. The third-order valence-corrected chi connectivity index (χ3v) is 11.6. The maximum atomic E-state index is 13.8. The van der Waals surface area contributed by atoms with Crippen LogP contribution in [0, 0.1) is 0 Å². The number of ether oxygens (including phenoxy) is 3. The summed E-state index contributed by atoms with van der Waals surface area (Å²) < 4.78 is 18.8. The van der Waals surface area contributed by atoms with Crippen molar-refractivity contribution in [2.45, 2.75) is 56.8 Å². The van der Waals surface area contributed by atoms with E-state index in [1.165, 1.54) is 21.6 Å². The second-order valence-corrected chi connectivity index (χ2v) is 15.7. The van der Waals surface area contributed by atoms with Crippen LogP contribution in [0.15, 0.2) is 41.3 Å². The van der Waals surface area contributed by atoms with Crippen LogP contribution in [0.25, 0.3) is 11.1 Å². The van der Waals surface area contributed by atoms with Crippen LogP contribution in [-0.2, 0) is 34.4 Å². The maximum Gasteiger partial charge on any atom is 0.331 e. The largest absolute Gasteiger partial charge is 0.496 e. The molecule has 2 saturated heterocycles. The Labute approximate surface area is 345 Å². The monoisotopic (exact) mass is 827 g/mol. The Hall–Kier alpha value is -6.27. The van der Waals surface area contributed by atoms with Crippen molar-refractivity contribution < 1.29 is 48.1 Å². The van der Waals surface area contributed by atoms with E-state index in [1.54, 1.807) is 33.5 Å². The second kappa shape index (κ2) is 17.1. The van der Waals surface area contributed by atoms with Gasteiger partial charge in [-0.3, -0.25) is 39.1 Å². The summed E-state index contributed by atoms with van der Waals surface area (Å²) in [6.07, 6.45) is 3.23. The number of pyridine rings is 1. The molecule has 318 valence electrons. The van der Waals surface area contributed by atoms with E-state index in [0.717, 1.165) is 10.5 Å². The zero-order valence-electron chi connectivity index (χ0n) is 34.2. The first-order valence-electron chi connectivity index (χ1n) is 19.8. The van der Waals surface area contributed by atoms with Gasteiger partial charge in [-0.05, 0) is 81.2 Å². The van der Waals surface area contributed by atoms with Crippen LogP contribution in [0.5, 0.6) is 17.2 Å². The van der Waals surface area contributed by atoms with E-state index >= 15 is 0 Å². The normalized spacial score (nSPS) is 19.6. The van der Waals surface area contributed by atoms with Gasteiger partial charge in [0.05, 0.1) is 36.5 Å². The highest BCUT2D eigenvalue weighted by molar-refractivity contribution is 6.23. The number of carbonyl (C=O) groups is 6. The highest BCUT2D eigenvalue weighted by Crippen LogP contribution is 2.40. The molecule has 4 aliphatic rings. The molecule has 0 radical (unpaired) electrons. The van der Waals surface area contributed by atoms with E-state index in [1.807, 2.05) is 31.1 Å². The lowest BCUT2D eigenvalue weighted by Gasteiger charge is -2.38. The zero-order chi connectivity index (χ0) is 43.0. The minimum absolute atomic E-state index is 0.0332. The molecule has 0 bridgehead atoms. The van der Waals surface area contributed by atoms with Crippen molar-refractivity contribution >= 4 is 35.6 Å². The van der Waals surface area contributed by atoms with Crippen LogP contribution >= 0.6 is 0 Å². The number of imide groups is 2. The zero-order valence-corrected chi connectivity index (χ0v) is 34.2. The lowest BCUT2D eigenvalue weighted by Crippen LogP contribution is -2.54. The van der Waals surface area contributed by atoms with Crippen LogP contribution in [0.2, 0.25) is 0 Å². The molecule has 2 fully saturated rings.